The highest BCUT2D eigenvalue weighted by Gasteiger charge is 2.75. The Morgan fingerprint density at radius 2 is 1.76 bits per heavy atom. The summed E-state index contributed by atoms with van der Waals surface area (Å²) >= 11 is 0. The average Bonchev–Trinajstić information content (AvgIpc) is 3.05. The van der Waals surface area contributed by atoms with Crippen molar-refractivity contribution in [1.82, 2.24) is 0 Å². The molecule has 2 bridgehead atoms. The number of carbonyl (C=O) groups excluding carboxylic acids is 3. The minimum absolute atomic E-state index is 0.0504. The molecule has 29 heavy (non-hydrogen) atoms. The molecule has 0 aromatic heterocycles. The predicted molar refractivity (Wildman–Crippen MR) is 93.2 cm³/mol. The maximum absolute atomic E-state index is 12.8. The number of methoxy groups -OCH3 is 1. The minimum atomic E-state index is -0.908. The Morgan fingerprint density at radius 3 is 2.45 bits per heavy atom. The van der Waals surface area contributed by atoms with Crippen LogP contribution in [0.1, 0.15) is 20.3 Å². The first-order valence-electron chi connectivity index (χ1n) is 9.81. The molecule has 0 unspecified atom stereocenters. The Morgan fingerprint density at radius 1 is 1.07 bits per heavy atom. The maximum Gasteiger partial charge on any atom is 0.508 e. The Labute approximate surface area is 167 Å². The quantitative estimate of drug-likeness (QED) is 0.359. The molecule has 3 saturated heterocycles. The molecule has 5 rings (SSSR count). The number of ether oxygens (including phenoxy) is 6. The Kier molecular flexibility index (Phi) is 3.87. The normalized spacial score (nSPS) is 43.5. The number of carbonyl (C=O) groups is 3. The third kappa shape index (κ3) is 2.37. The summed E-state index contributed by atoms with van der Waals surface area (Å²) < 4.78 is 33.5. The molecule has 9 heteroatoms. The van der Waals surface area contributed by atoms with Crippen molar-refractivity contribution in [3.8, 4) is 0 Å². The van der Waals surface area contributed by atoms with Crippen LogP contribution in [-0.2, 0) is 38.0 Å². The van der Waals surface area contributed by atoms with E-state index in [-0.39, 0.29) is 25.7 Å². The molecule has 158 valence electrons. The third-order valence-corrected chi connectivity index (χ3v) is 7.36. The summed E-state index contributed by atoms with van der Waals surface area (Å²) in [4.78, 5) is 37.5. The summed E-state index contributed by atoms with van der Waals surface area (Å²) in [7, 11) is 1.28. The van der Waals surface area contributed by atoms with Gasteiger partial charge in [0.05, 0.1) is 43.0 Å². The monoisotopic (exact) mass is 408 g/mol. The van der Waals surface area contributed by atoms with Crippen molar-refractivity contribution in [2.45, 2.75) is 38.3 Å². The van der Waals surface area contributed by atoms with Gasteiger partial charge in [-0.2, -0.15) is 0 Å². The molecule has 0 aromatic rings. The summed E-state index contributed by atoms with van der Waals surface area (Å²) in [6.45, 7) is 4.27. The van der Waals surface area contributed by atoms with Gasteiger partial charge in [-0.1, -0.05) is 12.2 Å². The molecule has 5 aliphatic rings. The summed E-state index contributed by atoms with van der Waals surface area (Å²) in [6, 6.07) is 0. The zero-order valence-corrected chi connectivity index (χ0v) is 16.5. The topological polar surface area (TPSA) is 107 Å². The molecule has 3 heterocycles. The van der Waals surface area contributed by atoms with E-state index in [4.69, 9.17) is 28.4 Å². The number of allylic oxidation sites excluding steroid dienone is 1. The van der Waals surface area contributed by atoms with Gasteiger partial charge in [0.1, 0.15) is 18.8 Å². The molecule has 9 nitrogen and oxygen atoms in total. The largest absolute Gasteiger partial charge is 0.508 e. The molecule has 0 radical (unpaired) electrons. The van der Waals surface area contributed by atoms with E-state index in [0.717, 1.165) is 0 Å². The summed E-state index contributed by atoms with van der Waals surface area (Å²) in [5, 5.41) is 0. The Hall–Kier alpha value is -2.13. The van der Waals surface area contributed by atoms with Crippen molar-refractivity contribution in [2.75, 3.05) is 26.9 Å². The molecule has 3 aliphatic heterocycles. The fourth-order valence-corrected chi connectivity index (χ4v) is 5.95. The van der Waals surface area contributed by atoms with Crippen LogP contribution in [-0.4, -0.2) is 63.0 Å². The number of fused-ring (bicyclic) bond motifs is 4. The smallest absolute Gasteiger partial charge is 0.469 e. The highest BCUT2D eigenvalue weighted by atomic mass is 16.7. The highest BCUT2D eigenvalue weighted by Crippen LogP contribution is 2.65. The van der Waals surface area contributed by atoms with E-state index in [1.165, 1.54) is 7.11 Å². The van der Waals surface area contributed by atoms with Gasteiger partial charge >= 0.3 is 18.1 Å². The molecule has 0 aromatic carbocycles. The van der Waals surface area contributed by atoms with E-state index in [1.54, 1.807) is 6.08 Å². The zero-order chi connectivity index (χ0) is 20.6. The van der Waals surface area contributed by atoms with E-state index in [2.05, 4.69) is 0 Å². The summed E-state index contributed by atoms with van der Waals surface area (Å²) in [5.41, 5.74) is -1.62. The van der Waals surface area contributed by atoms with E-state index >= 15 is 0 Å². The van der Waals surface area contributed by atoms with Gasteiger partial charge in [-0.3, -0.25) is 9.59 Å². The Bertz CT molecular complexity index is 792. The van der Waals surface area contributed by atoms with Gasteiger partial charge in [0.2, 0.25) is 0 Å². The number of esters is 2. The van der Waals surface area contributed by atoms with Crippen LogP contribution in [0.15, 0.2) is 12.2 Å². The molecule has 1 saturated carbocycles. The lowest BCUT2D eigenvalue weighted by Gasteiger charge is -2.62. The van der Waals surface area contributed by atoms with Gasteiger partial charge in [-0.15, -0.1) is 0 Å². The lowest BCUT2D eigenvalue weighted by Crippen LogP contribution is -2.71. The SMILES string of the molecule is COC(=O)[C@@H]1C=C[C@H]2C3(COC(C)(C)OC3)[C@H]3C[C@H](OC(=O)O3)[C@@]23COC(=O)[C@@H]13. The highest BCUT2D eigenvalue weighted by molar-refractivity contribution is 5.86. The molecule has 2 spiro atoms. The molecular formula is C20H24O9. The van der Waals surface area contributed by atoms with Gasteiger partial charge in [0.25, 0.3) is 0 Å². The molecule has 6 atom stereocenters. The fourth-order valence-electron chi connectivity index (χ4n) is 5.95. The van der Waals surface area contributed by atoms with Crippen molar-refractivity contribution in [2.24, 2.45) is 28.6 Å². The molecule has 0 amide bonds. The van der Waals surface area contributed by atoms with E-state index in [1.807, 2.05) is 19.9 Å². The first-order chi connectivity index (χ1) is 13.7. The third-order valence-electron chi connectivity index (χ3n) is 7.36. The average molecular weight is 408 g/mol. The second kappa shape index (κ2) is 5.95. The first-order valence-corrected chi connectivity index (χ1v) is 9.81. The van der Waals surface area contributed by atoms with Gasteiger partial charge in [-0.25, -0.2) is 4.79 Å². The molecular weight excluding hydrogens is 384 g/mol. The predicted octanol–water partition coefficient (Wildman–Crippen LogP) is 1.20. The molecule has 0 N–H and O–H groups in total. The van der Waals surface area contributed by atoms with E-state index in [9.17, 15) is 14.4 Å². The van der Waals surface area contributed by atoms with Gasteiger partial charge < -0.3 is 28.4 Å². The van der Waals surface area contributed by atoms with Crippen LogP contribution in [0.2, 0.25) is 0 Å². The van der Waals surface area contributed by atoms with Crippen molar-refractivity contribution < 1.29 is 42.8 Å². The van der Waals surface area contributed by atoms with Crippen LogP contribution >= 0.6 is 0 Å². The van der Waals surface area contributed by atoms with Crippen molar-refractivity contribution in [3.63, 3.8) is 0 Å². The van der Waals surface area contributed by atoms with Crippen LogP contribution in [0.25, 0.3) is 0 Å². The Balaban J connectivity index is 1.66. The standard InChI is InChI=1S/C20H24O9/c1-18(2)26-7-19(8-27-18)11-5-4-10(15(21)24-3)14-16(22)25-9-20(11,14)13-6-12(19)28-17(23)29-13/h4-5,10-14H,6-9H2,1-3H3/t10-,11+,12-,13+,14-,20-/m1/s1. The number of hydrogen-bond donors (Lipinski definition) is 0. The second-order valence-electron chi connectivity index (χ2n) is 9.02. The van der Waals surface area contributed by atoms with Gasteiger partial charge in [-0.05, 0) is 13.8 Å². The van der Waals surface area contributed by atoms with E-state index < -0.39 is 58.8 Å². The zero-order valence-electron chi connectivity index (χ0n) is 16.5. The molecule has 2 aliphatic carbocycles. The van der Waals surface area contributed by atoms with Crippen molar-refractivity contribution >= 4 is 18.1 Å². The minimum Gasteiger partial charge on any atom is -0.469 e. The van der Waals surface area contributed by atoms with Gasteiger partial charge in [0.15, 0.2) is 5.79 Å². The van der Waals surface area contributed by atoms with Crippen LogP contribution in [0.3, 0.4) is 0 Å². The number of cyclic esters (lactones) is 1. The lowest BCUT2D eigenvalue weighted by molar-refractivity contribution is -0.338. The van der Waals surface area contributed by atoms with Crippen molar-refractivity contribution in [1.29, 1.82) is 0 Å². The second-order valence-corrected chi connectivity index (χ2v) is 9.02. The molecule has 4 fully saturated rings. The number of hydrogen-bond acceptors (Lipinski definition) is 9. The lowest BCUT2D eigenvalue weighted by atomic mass is 9.46. The van der Waals surface area contributed by atoms with Crippen molar-refractivity contribution in [3.05, 3.63) is 12.2 Å². The fraction of sp³-hybridized carbons (Fsp3) is 0.750. The van der Waals surface area contributed by atoms with Crippen LogP contribution in [0, 0.1) is 28.6 Å². The van der Waals surface area contributed by atoms with Crippen LogP contribution < -0.4 is 0 Å². The number of rotatable bonds is 1. The summed E-state index contributed by atoms with van der Waals surface area (Å²) in [5.74, 6) is -3.69. The van der Waals surface area contributed by atoms with Crippen LogP contribution in [0.5, 0.6) is 0 Å². The van der Waals surface area contributed by atoms with Gasteiger partial charge in [0, 0.05) is 12.3 Å². The van der Waals surface area contributed by atoms with Crippen LogP contribution in [0.4, 0.5) is 4.79 Å². The van der Waals surface area contributed by atoms with E-state index in [0.29, 0.717) is 6.42 Å². The first kappa shape index (κ1) is 18.9. The summed E-state index contributed by atoms with van der Waals surface area (Å²) in [6.07, 6.45) is 2.10. The maximum atomic E-state index is 12.8.